The molecule has 3 unspecified atom stereocenters. The SMILES string of the molecule is COC(=O)NC(C(=O)N1CCC[C@H]1c1ncc(-c2ccc3c(c2)cc2n3C(c3ccc(CC4CC4)s3)Oc3cc(-c4cnc([C@@H]5CCCN5C(=O)[C@@H](NC(=O)OC)C(C)C)[nH]4)cc(F)c3-2)[nH]1)C1CCO[C@H](C)C1. The van der Waals surface area contributed by atoms with E-state index in [-0.39, 0.29) is 41.8 Å². The van der Waals surface area contributed by atoms with Crippen molar-refractivity contribution in [1.82, 2.24) is 44.9 Å². The van der Waals surface area contributed by atoms with E-state index in [0.29, 0.717) is 84.8 Å². The maximum Gasteiger partial charge on any atom is 0.407 e. The Morgan fingerprint density at radius 1 is 0.836 bits per heavy atom. The molecule has 1 saturated carbocycles. The zero-order valence-electron chi connectivity index (χ0n) is 41.7. The summed E-state index contributed by atoms with van der Waals surface area (Å²) in [5.41, 5.74) is 4.70. The van der Waals surface area contributed by atoms with Gasteiger partial charge in [-0.2, -0.15) is 0 Å². The van der Waals surface area contributed by atoms with Gasteiger partial charge in [-0.3, -0.25) is 14.2 Å². The van der Waals surface area contributed by atoms with Crippen molar-refractivity contribution in [2.45, 2.75) is 115 Å². The van der Waals surface area contributed by atoms with Gasteiger partial charge < -0.3 is 49.3 Å². The smallest absolute Gasteiger partial charge is 0.407 e. The molecule has 4 N–H and O–H groups in total. The Balaban J connectivity index is 0.896. The lowest BCUT2D eigenvalue weighted by Crippen LogP contribution is -2.53. The number of H-pyrrole nitrogens is 2. The fourth-order valence-electron chi connectivity index (χ4n) is 11.4. The Morgan fingerprint density at radius 3 is 2.19 bits per heavy atom. The molecule has 0 spiro atoms. The number of aromatic amines is 2. The minimum Gasteiger partial charge on any atom is -0.464 e. The molecular formula is C54H62FN9O8S. The van der Waals surface area contributed by atoms with Crippen molar-refractivity contribution in [3.8, 4) is 39.5 Å². The quantitative estimate of drug-likeness (QED) is 0.0865. The van der Waals surface area contributed by atoms with Gasteiger partial charge in [0.1, 0.15) is 35.3 Å². The van der Waals surface area contributed by atoms with Gasteiger partial charge in [-0.1, -0.05) is 19.9 Å². The number of thiophene rings is 1. The predicted octanol–water partition coefficient (Wildman–Crippen LogP) is 9.43. The van der Waals surface area contributed by atoms with Crippen molar-refractivity contribution in [2.24, 2.45) is 17.8 Å². The third-order valence-electron chi connectivity index (χ3n) is 15.4. The van der Waals surface area contributed by atoms with Crippen molar-refractivity contribution in [2.75, 3.05) is 33.9 Å². The first-order valence-electron chi connectivity index (χ1n) is 25.6. The van der Waals surface area contributed by atoms with Crippen molar-refractivity contribution < 1.29 is 42.5 Å². The van der Waals surface area contributed by atoms with Crippen LogP contribution in [-0.4, -0.2) is 110 Å². The first kappa shape index (κ1) is 48.5. The van der Waals surface area contributed by atoms with Crippen LogP contribution < -0.4 is 15.4 Å². The molecule has 1 aliphatic carbocycles. The summed E-state index contributed by atoms with van der Waals surface area (Å²) in [5.74, 6) is 1.27. The lowest BCUT2D eigenvalue weighted by atomic mass is 9.88. The second-order valence-electron chi connectivity index (χ2n) is 20.6. The van der Waals surface area contributed by atoms with E-state index in [1.165, 1.54) is 38.0 Å². The maximum atomic E-state index is 17.0. The zero-order chi connectivity index (χ0) is 50.7. The highest BCUT2D eigenvalue weighted by molar-refractivity contribution is 7.12. The van der Waals surface area contributed by atoms with Gasteiger partial charge in [0.25, 0.3) is 0 Å². The summed E-state index contributed by atoms with van der Waals surface area (Å²) in [4.78, 5) is 75.3. The molecule has 73 heavy (non-hydrogen) atoms. The fourth-order valence-corrected chi connectivity index (χ4v) is 12.6. The second-order valence-corrected chi connectivity index (χ2v) is 21.8. The van der Waals surface area contributed by atoms with Crippen LogP contribution in [0.5, 0.6) is 5.75 Å². The topological polar surface area (TPSA) is 198 Å². The lowest BCUT2D eigenvalue weighted by Gasteiger charge is -2.36. The van der Waals surface area contributed by atoms with Crippen molar-refractivity contribution >= 4 is 46.2 Å². The lowest BCUT2D eigenvalue weighted by molar-refractivity contribution is -0.137. The average Bonchev–Trinajstić information content (AvgIpc) is 4.12. The molecule has 17 nitrogen and oxygen atoms in total. The van der Waals surface area contributed by atoms with E-state index in [4.69, 9.17) is 28.9 Å². The summed E-state index contributed by atoms with van der Waals surface area (Å²) < 4.78 is 41.6. The number of alkyl carbamates (subject to hydrolysis) is 2. The Labute approximate surface area is 426 Å². The minimum absolute atomic E-state index is 0.0265. The third-order valence-corrected chi connectivity index (χ3v) is 16.5. The largest absolute Gasteiger partial charge is 0.464 e. The molecule has 19 heteroatoms. The number of hydrogen-bond donors (Lipinski definition) is 4. The second kappa shape index (κ2) is 19.9. The van der Waals surface area contributed by atoms with Crippen molar-refractivity contribution in [3.63, 3.8) is 0 Å². The van der Waals surface area contributed by atoms with Crippen LogP contribution in [0, 0.1) is 23.6 Å². The minimum atomic E-state index is -0.771. The van der Waals surface area contributed by atoms with E-state index in [1.807, 2.05) is 49.9 Å². The monoisotopic (exact) mass is 1020 g/mol. The number of nitrogens with zero attached hydrogens (tertiary/aromatic N) is 5. The van der Waals surface area contributed by atoms with Crippen LogP contribution in [-0.2, 0) is 30.2 Å². The molecule has 4 aromatic heterocycles. The number of halogens is 1. The Morgan fingerprint density at radius 2 is 1.52 bits per heavy atom. The summed E-state index contributed by atoms with van der Waals surface area (Å²) in [5, 5.41) is 6.43. The van der Waals surface area contributed by atoms with Crippen molar-refractivity contribution in [1.29, 1.82) is 0 Å². The molecule has 4 fully saturated rings. The molecule has 11 rings (SSSR count). The van der Waals surface area contributed by atoms with Crippen LogP contribution in [0.15, 0.2) is 60.9 Å². The van der Waals surface area contributed by atoms with E-state index in [9.17, 15) is 19.2 Å². The number of benzene rings is 2. The van der Waals surface area contributed by atoms with Gasteiger partial charge in [-0.25, -0.2) is 23.9 Å². The van der Waals surface area contributed by atoms with E-state index in [1.54, 1.807) is 28.6 Å². The maximum absolute atomic E-state index is 17.0. The van der Waals surface area contributed by atoms with E-state index in [2.05, 4.69) is 43.4 Å². The molecule has 3 saturated heterocycles. The van der Waals surface area contributed by atoms with Crippen molar-refractivity contribution in [3.05, 3.63) is 88.1 Å². The fraction of sp³-hybridized carbons (Fsp3) is 0.481. The highest BCUT2D eigenvalue weighted by Gasteiger charge is 2.42. The van der Waals surface area contributed by atoms with Crippen LogP contribution in [0.2, 0.25) is 0 Å². The molecule has 0 radical (unpaired) electrons. The molecule has 0 bridgehead atoms. The number of ether oxygens (including phenoxy) is 4. The van der Waals surface area contributed by atoms with Gasteiger partial charge in [-0.15, -0.1) is 11.3 Å². The summed E-state index contributed by atoms with van der Waals surface area (Å²) in [6.07, 6.45) is 9.32. The van der Waals surface area contributed by atoms with E-state index in [0.717, 1.165) is 52.7 Å². The molecule has 384 valence electrons. The van der Waals surface area contributed by atoms with Crippen LogP contribution in [0.3, 0.4) is 0 Å². The van der Waals surface area contributed by atoms with Gasteiger partial charge in [0.2, 0.25) is 18.0 Å². The van der Waals surface area contributed by atoms with Crippen LogP contribution in [0.25, 0.3) is 44.7 Å². The van der Waals surface area contributed by atoms with Gasteiger partial charge in [0.05, 0.1) is 77.8 Å². The first-order chi connectivity index (χ1) is 35.3. The number of carbonyl (C=O) groups is 4. The van der Waals surface area contributed by atoms with Gasteiger partial charge in [0.15, 0.2) is 0 Å². The number of fused-ring (bicyclic) bond motifs is 5. The summed E-state index contributed by atoms with van der Waals surface area (Å²) in [6.45, 7) is 7.30. The molecule has 2 aromatic carbocycles. The summed E-state index contributed by atoms with van der Waals surface area (Å²) >= 11 is 1.73. The Hall–Kier alpha value is -6.73. The molecule has 6 aromatic rings. The number of hydrogen-bond acceptors (Lipinski definition) is 11. The van der Waals surface area contributed by atoms with Gasteiger partial charge in [0, 0.05) is 41.1 Å². The van der Waals surface area contributed by atoms with Crippen LogP contribution >= 0.6 is 11.3 Å². The molecule has 4 aliphatic heterocycles. The normalized spacial score (nSPS) is 22.4. The number of methoxy groups -OCH3 is 2. The van der Waals surface area contributed by atoms with Gasteiger partial charge >= 0.3 is 12.2 Å². The van der Waals surface area contributed by atoms with Gasteiger partial charge in [-0.05, 0) is 125 Å². The highest BCUT2D eigenvalue weighted by Crippen LogP contribution is 2.49. The zero-order valence-corrected chi connectivity index (χ0v) is 42.6. The Bertz CT molecular complexity index is 3070. The highest BCUT2D eigenvalue weighted by atomic mass is 32.1. The van der Waals surface area contributed by atoms with E-state index < -0.39 is 36.3 Å². The first-order valence-corrected chi connectivity index (χ1v) is 26.4. The average molecular weight is 1020 g/mol. The predicted molar refractivity (Wildman–Crippen MR) is 271 cm³/mol. The Kier molecular flexibility index (Phi) is 13.3. The number of aromatic nitrogens is 5. The molecule has 8 heterocycles. The van der Waals surface area contributed by atoms with E-state index >= 15 is 4.39 Å². The third kappa shape index (κ3) is 9.45. The molecule has 5 aliphatic rings. The summed E-state index contributed by atoms with van der Waals surface area (Å²) in [7, 11) is 2.57. The number of imidazole rings is 2. The molecule has 4 amide bonds. The molecular weight excluding hydrogens is 954 g/mol. The summed E-state index contributed by atoms with van der Waals surface area (Å²) in [6, 6.07) is 13.7. The van der Waals surface area contributed by atoms with Crippen LogP contribution in [0.1, 0.15) is 112 Å². The number of amides is 4. The molecule has 7 atom stereocenters. The number of likely N-dealkylation sites (tertiary alicyclic amines) is 2. The standard InChI is InChI=1S/C54H62FN9O8S/c1-28(2)46(60-53(67)69-4)50(65)62-17-6-8-40(62)49-57-27-38(59-49)33-23-36(55)45-42-24-34-22-31(12-14-39(34)64(42)52(72-43(45)25-33)44-15-13-35(73-44)21-30-10-11-30)37-26-56-48(58-37)41-9-7-18-63(41)51(66)47(61-54(68)70-5)32-16-19-71-29(3)20-32/h12-15,22-30,32,40-41,46-47,52H,6-11,16-21H2,1-5H3,(H,56,58)(H,57,59)(H,60,67)(H,61,68)/t29-,32?,40+,41+,46+,47?,52?/m1/s1. The number of carbonyl (C=O) groups excluding carboxylic acids is 4. The van der Waals surface area contributed by atoms with Crippen LogP contribution in [0.4, 0.5) is 14.0 Å². The number of rotatable bonds is 13. The number of nitrogens with one attached hydrogen (secondary N) is 4.